The Hall–Kier alpha value is -1.35. The highest BCUT2D eigenvalue weighted by atomic mass is 16.3. The molecule has 1 aromatic rings. The standard InChI is InChI=1S/C17H25NO2/c1-3-13(2)16(14-8-5-4-6-9-14)17(20)18-11-7-10-15(19)12-18/h4-6,8-9,13,15-16,19H,3,7,10-12H2,1-2H3/t13?,15-,16?/m0/s1. The molecule has 3 heteroatoms. The number of likely N-dealkylation sites (tertiary alicyclic amines) is 1. The molecular formula is C17H25NO2. The van der Waals surface area contributed by atoms with Crippen molar-refractivity contribution in [1.82, 2.24) is 4.90 Å². The first-order valence-electron chi connectivity index (χ1n) is 7.65. The van der Waals surface area contributed by atoms with E-state index in [0.29, 0.717) is 12.5 Å². The van der Waals surface area contributed by atoms with E-state index in [9.17, 15) is 9.90 Å². The van der Waals surface area contributed by atoms with Crippen LogP contribution in [0.2, 0.25) is 0 Å². The predicted molar refractivity (Wildman–Crippen MR) is 80.5 cm³/mol. The van der Waals surface area contributed by atoms with Crippen LogP contribution in [0.3, 0.4) is 0 Å². The van der Waals surface area contributed by atoms with Crippen LogP contribution in [0, 0.1) is 5.92 Å². The number of amides is 1. The van der Waals surface area contributed by atoms with Crippen LogP contribution < -0.4 is 0 Å². The molecular weight excluding hydrogens is 250 g/mol. The van der Waals surface area contributed by atoms with Crippen LogP contribution in [-0.2, 0) is 4.79 Å². The molecule has 1 fully saturated rings. The number of benzene rings is 1. The van der Waals surface area contributed by atoms with Gasteiger partial charge in [0.2, 0.25) is 5.91 Å². The van der Waals surface area contributed by atoms with Crippen LogP contribution in [0.1, 0.15) is 44.6 Å². The van der Waals surface area contributed by atoms with Gasteiger partial charge >= 0.3 is 0 Å². The third kappa shape index (κ3) is 3.40. The number of hydrogen-bond donors (Lipinski definition) is 1. The normalized spacial score (nSPS) is 22.4. The van der Waals surface area contributed by atoms with Crippen molar-refractivity contribution >= 4 is 5.91 Å². The lowest BCUT2D eigenvalue weighted by molar-refractivity contribution is -0.137. The van der Waals surface area contributed by atoms with Gasteiger partial charge < -0.3 is 10.0 Å². The molecule has 0 aliphatic carbocycles. The molecule has 3 nitrogen and oxygen atoms in total. The van der Waals surface area contributed by atoms with Crippen LogP contribution in [0.15, 0.2) is 30.3 Å². The summed E-state index contributed by atoms with van der Waals surface area (Å²) in [5.74, 6) is 0.389. The highest BCUT2D eigenvalue weighted by Crippen LogP contribution is 2.30. The number of hydrogen-bond acceptors (Lipinski definition) is 2. The number of piperidine rings is 1. The van der Waals surface area contributed by atoms with Crippen molar-refractivity contribution in [2.75, 3.05) is 13.1 Å². The van der Waals surface area contributed by atoms with Gasteiger partial charge in [0.05, 0.1) is 12.0 Å². The molecule has 1 amide bonds. The molecule has 0 aromatic heterocycles. The zero-order chi connectivity index (χ0) is 14.5. The molecule has 3 atom stereocenters. The third-order valence-electron chi connectivity index (χ3n) is 4.35. The molecule has 1 N–H and O–H groups in total. The fraction of sp³-hybridized carbons (Fsp3) is 0.588. The van der Waals surface area contributed by atoms with Crippen LogP contribution in [0.25, 0.3) is 0 Å². The molecule has 0 spiro atoms. The van der Waals surface area contributed by atoms with Gasteiger partial charge in [-0.05, 0) is 24.3 Å². The Morgan fingerprint density at radius 3 is 2.70 bits per heavy atom. The van der Waals surface area contributed by atoms with E-state index in [4.69, 9.17) is 0 Å². The average molecular weight is 275 g/mol. The molecule has 0 bridgehead atoms. The lowest BCUT2D eigenvalue weighted by Gasteiger charge is -2.34. The molecule has 20 heavy (non-hydrogen) atoms. The average Bonchev–Trinajstić information content (AvgIpc) is 2.48. The summed E-state index contributed by atoms with van der Waals surface area (Å²) < 4.78 is 0. The first kappa shape index (κ1) is 15.0. The Bertz CT molecular complexity index is 432. The maximum Gasteiger partial charge on any atom is 0.230 e. The minimum Gasteiger partial charge on any atom is -0.391 e. The van der Waals surface area contributed by atoms with Crippen LogP contribution >= 0.6 is 0 Å². The smallest absolute Gasteiger partial charge is 0.230 e. The largest absolute Gasteiger partial charge is 0.391 e. The third-order valence-corrected chi connectivity index (χ3v) is 4.35. The molecule has 0 radical (unpaired) electrons. The highest BCUT2D eigenvalue weighted by Gasteiger charge is 2.32. The molecule has 1 aliphatic heterocycles. The van der Waals surface area contributed by atoms with Crippen molar-refractivity contribution in [2.24, 2.45) is 5.92 Å². The van der Waals surface area contributed by atoms with E-state index in [1.807, 2.05) is 35.2 Å². The van der Waals surface area contributed by atoms with E-state index in [1.54, 1.807) is 0 Å². The first-order chi connectivity index (χ1) is 9.63. The van der Waals surface area contributed by atoms with E-state index in [-0.39, 0.29) is 17.9 Å². The number of rotatable bonds is 4. The van der Waals surface area contributed by atoms with Gasteiger partial charge in [-0.25, -0.2) is 0 Å². The summed E-state index contributed by atoms with van der Waals surface area (Å²) in [5, 5.41) is 9.78. The zero-order valence-electron chi connectivity index (χ0n) is 12.5. The second kappa shape index (κ2) is 6.89. The molecule has 0 saturated carbocycles. The maximum absolute atomic E-state index is 12.9. The molecule has 1 saturated heterocycles. The SMILES string of the molecule is CCC(C)C(C(=O)N1CCC[C@H](O)C1)c1ccccc1. The predicted octanol–water partition coefficient (Wildman–Crippen LogP) is 2.80. The van der Waals surface area contributed by atoms with Crippen LogP contribution in [0.4, 0.5) is 0 Å². The Kier molecular flexibility index (Phi) is 5.18. The Morgan fingerprint density at radius 2 is 2.10 bits per heavy atom. The minimum atomic E-state index is -0.360. The van der Waals surface area contributed by atoms with Gasteiger partial charge in [-0.2, -0.15) is 0 Å². The molecule has 2 rings (SSSR count). The number of carbonyl (C=O) groups excluding carboxylic acids is 1. The molecule has 2 unspecified atom stereocenters. The summed E-state index contributed by atoms with van der Waals surface area (Å²) >= 11 is 0. The second-order valence-electron chi connectivity index (χ2n) is 5.85. The van der Waals surface area contributed by atoms with Gasteiger partial charge in [-0.3, -0.25) is 4.79 Å². The van der Waals surface area contributed by atoms with E-state index >= 15 is 0 Å². The van der Waals surface area contributed by atoms with Gasteiger partial charge in [0.1, 0.15) is 0 Å². The molecule has 1 heterocycles. The van der Waals surface area contributed by atoms with Crippen molar-refractivity contribution < 1.29 is 9.90 Å². The van der Waals surface area contributed by atoms with Gasteiger partial charge in [0, 0.05) is 13.1 Å². The zero-order valence-corrected chi connectivity index (χ0v) is 12.5. The highest BCUT2D eigenvalue weighted by molar-refractivity contribution is 5.84. The summed E-state index contributed by atoms with van der Waals surface area (Å²) in [6, 6.07) is 10.0. The quantitative estimate of drug-likeness (QED) is 0.918. The van der Waals surface area contributed by atoms with Crippen molar-refractivity contribution in [3.05, 3.63) is 35.9 Å². The molecule has 110 valence electrons. The van der Waals surface area contributed by atoms with Crippen molar-refractivity contribution in [2.45, 2.75) is 45.1 Å². The van der Waals surface area contributed by atoms with E-state index in [1.165, 1.54) is 0 Å². The molecule has 1 aromatic carbocycles. The van der Waals surface area contributed by atoms with Gasteiger partial charge in [0.25, 0.3) is 0 Å². The van der Waals surface area contributed by atoms with Gasteiger partial charge in [-0.15, -0.1) is 0 Å². The topological polar surface area (TPSA) is 40.5 Å². The fourth-order valence-corrected chi connectivity index (χ4v) is 2.96. The summed E-state index contributed by atoms with van der Waals surface area (Å²) in [6.45, 7) is 5.52. The van der Waals surface area contributed by atoms with Gasteiger partial charge in [-0.1, -0.05) is 50.6 Å². The van der Waals surface area contributed by atoms with E-state index in [2.05, 4.69) is 13.8 Å². The number of aliphatic hydroxyl groups is 1. The summed E-state index contributed by atoms with van der Waals surface area (Å²) in [5.41, 5.74) is 1.09. The lowest BCUT2D eigenvalue weighted by Crippen LogP contribution is -2.45. The summed E-state index contributed by atoms with van der Waals surface area (Å²) in [6.07, 6.45) is 2.32. The van der Waals surface area contributed by atoms with E-state index < -0.39 is 0 Å². The van der Waals surface area contributed by atoms with Crippen molar-refractivity contribution in [3.63, 3.8) is 0 Å². The number of nitrogens with zero attached hydrogens (tertiary/aromatic N) is 1. The lowest BCUT2D eigenvalue weighted by atomic mass is 9.84. The van der Waals surface area contributed by atoms with Crippen molar-refractivity contribution in [1.29, 1.82) is 0 Å². The maximum atomic E-state index is 12.9. The Balaban J connectivity index is 2.20. The second-order valence-corrected chi connectivity index (χ2v) is 5.85. The molecule has 1 aliphatic rings. The number of carbonyl (C=O) groups is 1. The first-order valence-corrected chi connectivity index (χ1v) is 7.65. The Labute approximate surface area is 121 Å². The fourth-order valence-electron chi connectivity index (χ4n) is 2.96. The van der Waals surface area contributed by atoms with Crippen molar-refractivity contribution in [3.8, 4) is 0 Å². The monoisotopic (exact) mass is 275 g/mol. The summed E-state index contributed by atoms with van der Waals surface area (Å²) in [4.78, 5) is 14.7. The summed E-state index contributed by atoms with van der Waals surface area (Å²) in [7, 11) is 0. The van der Waals surface area contributed by atoms with Crippen LogP contribution in [0.5, 0.6) is 0 Å². The number of aliphatic hydroxyl groups excluding tert-OH is 1. The Morgan fingerprint density at radius 1 is 1.40 bits per heavy atom. The number of β-amino-alcohol motifs (C(OH)–C–C–N with tert-alkyl or cyclic N) is 1. The minimum absolute atomic E-state index is 0.0912. The van der Waals surface area contributed by atoms with E-state index in [0.717, 1.165) is 31.4 Å². The van der Waals surface area contributed by atoms with Gasteiger partial charge in [0.15, 0.2) is 0 Å². The van der Waals surface area contributed by atoms with Crippen LogP contribution in [-0.4, -0.2) is 35.1 Å².